The Kier molecular flexibility index (Phi) is 6.73. The van der Waals surface area contributed by atoms with Crippen LogP contribution in [0, 0.1) is 5.92 Å². The zero-order valence-electron chi connectivity index (χ0n) is 17.9. The van der Waals surface area contributed by atoms with Crippen LogP contribution in [0.2, 0.25) is 5.02 Å². The predicted molar refractivity (Wildman–Crippen MR) is 119 cm³/mol. The molecule has 1 aliphatic rings. The first kappa shape index (κ1) is 21.6. The number of amides is 1. The zero-order chi connectivity index (χ0) is 21.8. The van der Waals surface area contributed by atoms with Crippen LogP contribution in [0.1, 0.15) is 54.1 Å². The molecule has 0 saturated carbocycles. The third kappa shape index (κ3) is 5.35. The maximum atomic E-state index is 12.6. The van der Waals surface area contributed by atoms with Crippen LogP contribution in [0.5, 0.6) is 0 Å². The van der Waals surface area contributed by atoms with E-state index in [1.165, 1.54) is 11.8 Å². The Bertz CT molecular complexity index is 998. The molecular weight excluding hydrogens is 414 g/mol. The van der Waals surface area contributed by atoms with Crippen molar-refractivity contribution in [1.82, 2.24) is 25.0 Å². The summed E-state index contributed by atoms with van der Waals surface area (Å²) in [5, 5.41) is 12.8. The molecule has 1 aromatic carbocycles. The molecule has 3 heterocycles. The van der Waals surface area contributed by atoms with Gasteiger partial charge in [0.1, 0.15) is 5.82 Å². The Labute approximate surface area is 187 Å². The van der Waals surface area contributed by atoms with Crippen molar-refractivity contribution in [2.24, 2.45) is 5.92 Å². The summed E-state index contributed by atoms with van der Waals surface area (Å²) < 4.78 is 7.44. The second-order valence-corrected chi connectivity index (χ2v) is 8.85. The van der Waals surface area contributed by atoms with Gasteiger partial charge in [-0.2, -0.15) is 0 Å². The molecule has 0 spiro atoms. The van der Waals surface area contributed by atoms with Gasteiger partial charge < -0.3 is 14.3 Å². The van der Waals surface area contributed by atoms with Crippen LogP contribution in [0.25, 0.3) is 0 Å². The van der Waals surface area contributed by atoms with Crippen molar-refractivity contribution in [3.63, 3.8) is 0 Å². The topological polar surface area (TPSA) is 76.2 Å². The molecule has 1 atom stereocenters. The molecule has 1 amide bonds. The van der Waals surface area contributed by atoms with Gasteiger partial charge in [-0.3, -0.25) is 9.69 Å². The predicted octanol–water partition coefficient (Wildman–Crippen LogP) is 4.10. The highest BCUT2D eigenvalue weighted by Crippen LogP contribution is 2.23. The van der Waals surface area contributed by atoms with Crippen LogP contribution in [0.15, 0.2) is 47.1 Å². The lowest BCUT2D eigenvalue weighted by Gasteiger charge is -2.22. The first-order chi connectivity index (χ1) is 15.0. The lowest BCUT2D eigenvalue weighted by atomic mass is 10.0. The maximum Gasteiger partial charge on any atom is 0.287 e. The molecule has 0 radical (unpaired) electrons. The van der Waals surface area contributed by atoms with Gasteiger partial charge in [0, 0.05) is 37.6 Å². The molecule has 1 aliphatic heterocycles. The highest BCUT2D eigenvalue weighted by atomic mass is 35.5. The summed E-state index contributed by atoms with van der Waals surface area (Å²) in [6.07, 6.45) is 3.10. The number of furan rings is 1. The van der Waals surface area contributed by atoms with Crippen LogP contribution in [0.4, 0.5) is 0 Å². The van der Waals surface area contributed by atoms with Gasteiger partial charge >= 0.3 is 0 Å². The van der Waals surface area contributed by atoms with E-state index in [1.54, 1.807) is 12.1 Å². The monoisotopic (exact) mass is 441 g/mol. The lowest BCUT2D eigenvalue weighted by Crippen LogP contribution is -2.32. The normalized spacial score (nSPS) is 15.5. The summed E-state index contributed by atoms with van der Waals surface area (Å²) in [4.78, 5) is 15.0. The number of aromatic nitrogens is 3. The van der Waals surface area contributed by atoms with Gasteiger partial charge in [0.25, 0.3) is 5.91 Å². The fraction of sp³-hybridized carbons (Fsp3) is 0.435. The summed E-state index contributed by atoms with van der Waals surface area (Å²) in [7, 11) is 0. The number of carbonyl (C=O) groups is 1. The van der Waals surface area contributed by atoms with Gasteiger partial charge in [0.05, 0.1) is 12.3 Å². The lowest BCUT2D eigenvalue weighted by molar-refractivity contribution is 0.0900. The third-order valence-electron chi connectivity index (χ3n) is 5.54. The summed E-state index contributed by atoms with van der Waals surface area (Å²) in [5.41, 5.74) is 1.24. The molecule has 0 fully saturated rings. The number of hydrogen-bond donors (Lipinski definition) is 1. The van der Waals surface area contributed by atoms with Crippen LogP contribution in [0.3, 0.4) is 0 Å². The number of carbonyl (C=O) groups excluding carboxylic acids is 1. The van der Waals surface area contributed by atoms with Crippen molar-refractivity contribution in [2.45, 2.75) is 45.8 Å². The summed E-state index contributed by atoms with van der Waals surface area (Å²) in [6, 6.07) is 11.2. The van der Waals surface area contributed by atoms with Gasteiger partial charge in [-0.25, -0.2) is 0 Å². The average Bonchev–Trinajstić information content (AvgIpc) is 3.37. The van der Waals surface area contributed by atoms with E-state index in [2.05, 4.69) is 51.0 Å². The average molecular weight is 442 g/mol. The van der Waals surface area contributed by atoms with E-state index in [9.17, 15) is 4.79 Å². The van der Waals surface area contributed by atoms with Gasteiger partial charge in [0.2, 0.25) is 0 Å². The Morgan fingerprint density at radius 3 is 2.68 bits per heavy atom. The number of benzene rings is 1. The number of rotatable bonds is 7. The molecule has 0 unspecified atom stereocenters. The van der Waals surface area contributed by atoms with E-state index < -0.39 is 0 Å². The Morgan fingerprint density at radius 2 is 1.97 bits per heavy atom. The Hall–Kier alpha value is -2.64. The SMILES string of the molecule is CC(C)C[C@H](NC(=O)c1ccco1)c1nnc2n1CCN(Cc1ccc(Cl)cc1)CC2. The molecule has 8 heteroatoms. The van der Waals surface area contributed by atoms with Crippen molar-refractivity contribution in [1.29, 1.82) is 0 Å². The number of nitrogens with one attached hydrogen (secondary N) is 1. The highest BCUT2D eigenvalue weighted by molar-refractivity contribution is 6.30. The standard InChI is InChI=1S/C23H28ClN5O2/c1-16(2)14-19(25-23(30)20-4-3-13-31-20)22-27-26-21-9-10-28(11-12-29(21)22)15-17-5-7-18(24)8-6-17/h3-8,13,16,19H,9-12,14-15H2,1-2H3,(H,25,30)/t19-/m0/s1. The van der Waals surface area contributed by atoms with Crippen molar-refractivity contribution < 1.29 is 9.21 Å². The fourth-order valence-corrected chi connectivity index (χ4v) is 4.12. The highest BCUT2D eigenvalue weighted by Gasteiger charge is 2.27. The van der Waals surface area contributed by atoms with E-state index in [0.29, 0.717) is 11.7 Å². The van der Waals surface area contributed by atoms with E-state index in [-0.39, 0.29) is 11.9 Å². The molecule has 4 rings (SSSR count). The summed E-state index contributed by atoms with van der Waals surface area (Å²) in [5.74, 6) is 2.25. The van der Waals surface area contributed by atoms with Gasteiger partial charge in [-0.05, 0) is 42.2 Å². The molecule has 2 aromatic heterocycles. The molecule has 0 aliphatic carbocycles. The van der Waals surface area contributed by atoms with E-state index in [4.69, 9.17) is 16.0 Å². The van der Waals surface area contributed by atoms with Gasteiger partial charge in [-0.15, -0.1) is 10.2 Å². The number of nitrogens with zero attached hydrogens (tertiary/aromatic N) is 4. The van der Waals surface area contributed by atoms with Crippen LogP contribution in [-0.4, -0.2) is 38.7 Å². The molecule has 0 bridgehead atoms. The second-order valence-electron chi connectivity index (χ2n) is 8.41. The van der Waals surface area contributed by atoms with E-state index in [0.717, 1.165) is 55.7 Å². The summed E-state index contributed by atoms with van der Waals surface area (Å²) >= 11 is 6.01. The van der Waals surface area contributed by atoms with Crippen molar-refractivity contribution in [2.75, 3.05) is 13.1 Å². The smallest absolute Gasteiger partial charge is 0.287 e. The van der Waals surface area contributed by atoms with E-state index >= 15 is 0 Å². The molecule has 164 valence electrons. The van der Waals surface area contributed by atoms with Crippen molar-refractivity contribution in [3.05, 3.63) is 70.7 Å². The maximum absolute atomic E-state index is 12.6. The molecule has 0 saturated heterocycles. The van der Waals surface area contributed by atoms with Crippen LogP contribution in [-0.2, 0) is 19.5 Å². The van der Waals surface area contributed by atoms with E-state index in [1.807, 2.05) is 12.1 Å². The third-order valence-corrected chi connectivity index (χ3v) is 5.79. The first-order valence-corrected chi connectivity index (χ1v) is 11.1. The van der Waals surface area contributed by atoms with Crippen LogP contribution < -0.4 is 5.32 Å². The molecule has 31 heavy (non-hydrogen) atoms. The first-order valence-electron chi connectivity index (χ1n) is 10.7. The second kappa shape index (κ2) is 9.66. The number of hydrogen-bond acceptors (Lipinski definition) is 5. The minimum atomic E-state index is -0.231. The van der Waals surface area contributed by atoms with Gasteiger partial charge in [0.15, 0.2) is 11.6 Å². The quantitative estimate of drug-likeness (QED) is 0.597. The molecular formula is C23H28ClN5O2. The molecule has 1 N–H and O–H groups in total. The van der Waals surface area contributed by atoms with Gasteiger partial charge in [-0.1, -0.05) is 37.6 Å². The largest absolute Gasteiger partial charge is 0.459 e. The number of fused-ring (bicyclic) bond motifs is 1. The minimum absolute atomic E-state index is 0.221. The van der Waals surface area contributed by atoms with Crippen molar-refractivity contribution in [3.8, 4) is 0 Å². The van der Waals surface area contributed by atoms with Crippen molar-refractivity contribution >= 4 is 17.5 Å². The molecule has 3 aromatic rings. The fourth-order valence-electron chi connectivity index (χ4n) is 3.99. The Balaban J connectivity index is 1.48. The molecule has 7 nitrogen and oxygen atoms in total. The summed E-state index contributed by atoms with van der Waals surface area (Å²) in [6.45, 7) is 7.74. The minimum Gasteiger partial charge on any atom is -0.459 e. The van der Waals surface area contributed by atoms with Crippen LogP contribution >= 0.6 is 11.6 Å². The number of halogens is 1. The zero-order valence-corrected chi connectivity index (χ0v) is 18.7. The Morgan fingerprint density at radius 1 is 1.16 bits per heavy atom.